The van der Waals surface area contributed by atoms with E-state index in [2.05, 4.69) is 0 Å². The molecule has 0 unspecified atom stereocenters. The summed E-state index contributed by atoms with van der Waals surface area (Å²) in [7, 11) is 0. The van der Waals surface area contributed by atoms with Gasteiger partial charge in [0.25, 0.3) is 5.69 Å². The van der Waals surface area contributed by atoms with Crippen molar-refractivity contribution in [2.24, 2.45) is 5.92 Å². The molecule has 7 heteroatoms. The van der Waals surface area contributed by atoms with E-state index in [-0.39, 0.29) is 30.3 Å². The van der Waals surface area contributed by atoms with E-state index in [1.165, 1.54) is 6.07 Å². The molecule has 1 N–H and O–H groups in total. The molecule has 0 spiro atoms. The molecule has 0 fully saturated rings. The third-order valence-corrected chi connectivity index (χ3v) is 4.51. The van der Waals surface area contributed by atoms with Gasteiger partial charge in [0.05, 0.1) is 23.7 Å². The van der Waals surface area contributed by atoms with Crippen LogP contribution in [0.15, 0.2) is 36.4 Å². The van der Waals surface area contributed by atoms with E-state index in [9.17, 15) is 19.7 Å². The largest absolute Gasteiger partial charge is 0.465 e. The second kappa shape index (κ2) is 7.72. The van der Waals surface area contributed by atoms with E-state index >= 15 is 0 Å². The number of ketones is 1. The Bertz CT molecular complexity index is 994. The minimum Gasteiger partial charge on any atom is -0.465 e. The van der Waals surface area contributed by atoms with Crippen LogP contribution in [0.4, 0.5) is 5.69 Å². The quantitative estimate of drug-likeness (QED) is 0.219. The lowest BCUT2D eigenvalue weighted by atomic mass is 9.99. The Morgan fingerprint density at radius 3 is 2.43 bits per heavy atom. The molecule has 2 aromatic carbocycles. The molecule has 3 rings (SSSR count). The molecule has 0 saturated carbocycles. The number of Topliss-reactive ketones (excluding diaryl/α,β-unsaturated/α-hetero) is 1. The molecular weight excluding hydrogens is 360 g/mol. The third kappa shape index (κ3) is 3.98. The van der Waals surface area contributed by atoms with Crippen LogP contribution in [0.2, 0.25) is 0 Å². The standard InChI is InChI=1S/C21H20N2O5/c1-12(2)11-28-20(24)10-19(22)21(25)13-3-5-17-14(7-13)8-15-9-16(23(26)27)4-6-18(15)17/h3-7,9,12,22H,8,10-11H2,1-2H3. The van der Waals surface area contributed by atoms with Gasteiger partial charge in [-0.1, -0.05) is 26.0 Å². The predicted molar refractivity (Wildman–Crippen MR) is 104 cm³/mol. The molecule has 0 radical (unpaired) electrons. The van der Waals surface area contributed by atoms with Gasteiger partial charge in [-0.3, -0.25) is 19.7 Å². The van der Waals surface area contributed by atoms with Gasteiger partial charge in [0.15, 0.2) is 0 Å². The van der Waals surface area contributed by atoms with Crippen LogP contribution in [0.3, 0.4) is 0 Å². The minimum absolute atomic E-state index is 0.0320. The molecule has 144 valence electrons. The molecule has 0 bridgehead atoms. The summed E-state index contributed by atoms with van der Waals surface area (Å²) in [5.41, 5.74) is 3.57. The highest BCUT2D eigenvalue weighted by atomic mass is 16.6. The number of nitro benzene ring substituents is 1. The van der Waals surface area contributed by atoms with Crippen LogP contribution >= 0.6 is 0 Å². The lowest BCUT2D eigenvalue weighted by Gasteiger charge is -2.08. The molecular formula is C21H20N2O5. The van der Waals surface area contributed by atoms with Crippen molar-refractivity contribution in [3.8, 4) is 11.1 Å². The lowest BCUT2D eigenvalue weighted by molar-refractivity contribution is -0.384. The normalized spacial score (nSPS) is 11.7. The molecule has 0 amide bonds. The number of hydrogen-bond donors (Lipinski definition) is 1. The number of nitro groups is 1. The zero-order valence-electron chi connectivity index (χ0n) is 15.7. The van der Waals surface area contributed by atoms with Gasteiger partial charge in [0.1, 0.15) is 0 Å². The predicted octanol–water partition coefficient (Wildman–Crippen LogP) is 3.96. The van der Waals surface area contributed by atoms with Crippen LogP contribution < -0.4 is 0 Å². The molecule has 0 atom stereocenters. The Labute approximate surface area is 162 Å². The Hall–Kier alpha value is -3.35. The van der Waals surface area contributed by atoms with Crippen molar-refractivity contribution in [3.05, 3.63) is 63.2 Å². The van der Waals surface area contributed by atoms with E-state index in [1.54, 1.807) is 30.3 Å². The molecule has 7 nitrogen and oxygen atoms in total. The van der Waals surface area contributed by atoms with Crippen LogP contribution in [-0.2, 0) is 16.0 Å². The molecule has 0 saturated heterocycles. The molecule has 28 heavy (non-hydrogen) atoms. The highest BCUT2D eigenvalue weighted by molar-refractivity contribution is 6.47. The fraction of sp³-hybridized carbons (Fsp3) is 0.286. The summed E-state index contributed by atoms with van der Waals surface area (Å²) in [6.45, 7) is 4.06. The first-order valence-electron chi connectivity index (χ1n) is 8.94. The van der Waals surface area contributed by atoms with Crippen LogP contribution in [0, 0.1) is 21.4 Å². The Morgan fingerprint density at radius 1 is 1.14 bits per heavy atom. The van der Waals surface area contributed by atoms with Crippen molar-refractivity contribution in [2.75, 3.05) is 6.61 Å². The molecule has 2 aromatic rings. The topological polar surface area (TPSA) is 110 Å². The monoisotopic (exact) mass is 380 g/mol. The summed E-state index contributed by atoms with van der Waals surface area (Å²) < 4.78 is 5.02. The SMILES string of the molecule is CC(C)COC(=O)CC(=N)C(=O)c1ccc2c(c1)Cc1cc([N+](=O)[O-])ccc1-2. The first-order chi connectivity index (χ1) is 13.3. The Kier molecular flexibility index (Phi) is 5.35. The van der Waals surface area contributed by atoms with Gasteiger partial charge in [-0.15, -0.1) is 0 Å². The molecule has 0 aromatic heterocycles. The fourth-order valence-corrected chi connectivity index (χ4v) is 3.16. The maximum absolute atomic E-state index is 12.5. The maximum Gasteiger partial charge on any atom is 0.312 e. The second-order valence-electron chi connectivity index (χ2n) is 7.21. The van der Waals surface area contributed by atoms with Crippen molar-refractivity contribution < 1.29 is 19.2 Å². The van der Waals surface area contributed by atoms with Crippen LogP contribution in [0.5, 0.6) is 0 Å². The number of hydrogen-bond acceptors (Lipinski definition) is 6. The van der Waals surface area contributed by atoms with E-state index in [1.807, 2.05) is 13.8 Å². The Morgan fingerprint density at radius 2 is 1.79 bits per heavy atom. The summed E-state index contributed by atoms with van der Waals surface area (Å²) in [4.78, 5) is 34.8. The first-order valence-corrected chi connectivity index (χ1v) is 8.94. The summed E-state index contributed by atoms with van der Waals surface area (Å²) in [5.74, 6) is -0.929. The molecule has 1 aliphatic carbocycles. The van der Waals surface area contributed by atoms with Crippen molar-refractivity contribution >= 4 is 23.2 Å². The van der Waals surface area contributed by atoms with Crippen LogP contribution in [0.1, 0.15) is 41.8 Å². The number of nitrogens with one attached hydrogen (secondary N) is 1. The van der Waals surface area contributed by atoms with E-state index in [4.69, 9.17) is 10.1 Å². The van der Waals surface area contributed by atoms with Crippen LogP contribution in [0.25, 0.3) is 11.1 Å². The highest BCUT2D eigenvalue weighted by Crippen LogP contribution is 2.38. The average Bonchev–Trinajstić information content (AvgIpc) is 3.02. The zero-order chi connectivity index (χ0) is 20.4. The summed E-state index contributed by atoms with van der Waals surface area (Å²) in [6, 6.07) is 9.82. The van der Waals surface area contributed by atoms with Gasteiger partial charge in [-0.25, -0.2) is 0 Å². The van der Waals surface area contributed by atoms with Crippen molar-refractivity contribution in [2.45, 2.75) is 26.7 Å². The number of fused-ring (bicyclic) bond motifs is 3. The van der Waals surface area contributed by atoms with Gasteiger partial charge in [0, 0.05) is 17.7 Å². The van der Waals surface area contributed by atoms with Gasteiger partial charge in [-0.05, 0) is 46.7 Å². The van der Waals surface area contributed by atoms with Gasteiger partial charge in [-0.2, -0.15) is 0 Å². The van der Waals surface area contributed by atoms with Gasteiger partial charge >= 0.3 is 5.97 Å². The van der Waals surface area contributed by atoms with Crippen molar-refractivity contribution in [1.82, 2.24) is 0 Å². The second-order valence-corrected chi connectivity index (χ2v) is 7.21. The summed E-state index contributed by atoms with van der Waals surface area (Å²) >= 11 is 0. The van der Waals surface area contributed by atoms with E-state index < -0.39 is 16.7 Å². The number of ether oxygens (including phenoxy) is 1. The van der Waals surface area contributed by atoms with E-state index in [0.29, 0.717) is 12.0 Å². The summed E-state index contributed by atoms with van der Waals surface area (Å²) in [6.07, 6.45) is 0.117. The molecule has 0 aliphatic heterocycles. The lowest BCUT2D eigenvalue weighted by Crippen LogP contribution is -2.20. The number of carbonyl (C=O) groups excluding carboxylic acids is 2. The number of nitrogens with zero attached hydrogens (tertiary/aromatic N) is 1. The number of non-ortho nitro benzene ring substituents is 1. The number of esters is 1. The smallest absolute Gasteiger partial charge is 0.312 e. The molecule has 0 heterocycles. The van der Waals surface area contributed by atoms with Crippen LogP contribution in [-0.4, -0.2) is 29.0 Å². The van der Waals surface area contributed by atoms with Gasteiger partial charge in [0.2, 0.25) is 5.78 Å². The zero-order valence-corrected chi connectivity index (χ0v) is 15.7. The fourth-order valence-electron chi connectivity index (χ4n) is 3.16. The average molecular weight is 380 g/mol. The minimum atomic E-state index is -0.590. The van der Waals surface area contributed by atoms with E-state index in [0.717, 1.165) is 22.3 Å². The first kappa shape index (κ1) is 19.4. The number of rotatable bonds is 7. The Balaban J connectivity index is 1.74. The maximum atomic E-state index is 12.5. The number of carbonyl (C=O) groups is 2. The number of benzene rings is 2. The van der Waals surface area contributed by atoms with Gasteiger partial charge < -0.3 is 10.1 Å². The highest BCUT2D eigenvalue weighted by Gasteiger charge is 2.24. The summed E-state index contributed by atoms with van der Waals surface area (Å²) in [5, 5.41) is 18.9. The van der Waals surface area contributed by atoms with Crippen molar-refractivity contribution in [1.29, 1.82) is 5.41 Å². The molecule has 1 aliphatic rings. The third-order valence-electron chi connectivity index (χ3n) is 4.51. The van der Waals surface area contributed by atoms with Crippen molar-refractivity contribution in [3.63, 3.8) is 0 Å².